The highest BCUT2D eigenvalue weighted by molar-refractivity contribution is 6.04. The molecule has 3 rings (SSSR count). The number of aromatic nitrogens is 4. The maximum absolute atomic E-state index is 12.8. The molecule has 0 radical (unpaired) electrons. The van der Waals surface area contributed by atoms with E-state index < -0.39 is 0 Å². The van der Waals surface area contributed by atoms with E-state index in [-0.39, 0.29) is 11.9 Å². The van der Waals surface area contributed by atoms with Crippen molar-refractivity contribution in [2.24, 2.45) is 4.99 Å². The van der Waals surface area contributed by atoms with Crippen molar-refractivity contribution < 1.29 is 4.79 Å². The van der Waals surface area contributed by atoms with Crippen molar-refractivity contribution in [3.63, 3.8) is 0 Å². The molecule has 7 heteroatoms. The van der Waals surface area contributed by atoms with Crippen LogP contribution >= 0.6 is 0 Å². The Bertz CT molecular complexity index is 1050. The van der Waals surface area contributed by atoms with Gasteiger partial charge < -0.3 is 0 Å². The smallest absolute Gasteiger partial charge is 0.258 e. The summed E-state index contributed by atoms with van der Waals surface area (Å²) in [5.74, 6) is 0.842. The van der Waals surface area contributed by atoms with E-state index in [1.54, 1.807) is 19.2 Å². The number of pyridine rings is 1. The van der Waals surface area contributed by atoms with E-state index in [1.807, 2.05) is 44.2 Å². The van der Waals surface area contributed by atoms with Crippen molar-refractivity contribution in [2.45, 2.75) is 40.5 Å². The topological polar surface area (TPSA) is 93.0 Å². The molecule has 29 heavy (non-hydrogen) atoms. The van der Waals surface area contributed by atoms with Crippen LogP contribution in [0.2, 0.25) is 0 Å². The molecule has 0 saturated carbocycles. The summed E-state index contributed by atoms with van der Waals surface area (Å²) in [6.07, 6.45) is 3.68. The Kier molecular flexibility index (Phi) is 6.39. The summed E-state index contributed by atoms with van der Waals surface area (Å²) in [5.41, 5.74) is 3.93. The van der Waals surface area contributed by atoms with E-state index in [0.29, 0.717) is 22.9 Å². The van der Waals surface area contributed by atoms with Crippen LogP contribution in [0, 0.1) is 13.8 Å². The van der Waals surface area contributed by atoms with Crippen LogP contribution in [0.4, 0.5) is 11.6 Å². The predicted octanol–water partition coefficient (Wildman–Crippen LogP) is 4.70. The van der Waals surface area contributed by atoms with Gasteiger partial charge in [0, 0.05) is 17.5 Å². The summed E-state index contributed by atoms with van der Waals surface area (Å²) >= 11 is 0. The molecule has 0 bridgehead atoms. The minimum absolute atomic E-state index is 0.198. The van der Waals surface area contributed by atoms with Gasteiger partial charge in [0.25, 0.3) is 5.91 Å². The van der Waals surface area contributed by atoms with E-state index in [9.17, 15) is 4.79 Å². The van der Waals surface area contributed by atoms with Gasteiger partial charge in [-0.2, -0.15) is 9.97 Å². The molecule has 148 valence electrons. The molecule has 3 aromatic rings. The lowest BCUT2D eigenvalue weighted by atomic mass is 10.1. The van der Waals surface area contributed by atoms with E-state index in [1.165, 1.54) is 0 Å². The maximum Gasteiger partial charge on any atom is 0.258 e. The van der Waals surface area contributed by atoms with Crippen LogP contribution in [-0.4, -0.2) is 31.6 Å². The summed E-state index contributed by atoms with van der Waals surface area (Å²) < 4.78 is 0. The number of carbonyl (C=O) groups is 1. The fourth-order valence-electron chi connectivity index (χ4n) is 2.93. The molecule has 0 aliphatic rings. The van der Waals surface area contributed by atoms with Gasteiger partial charge in [-0.15, -0.1) is 0 Å². The van der Waals surface area contributed by atoms with Gasteiger partial charge in [-0.3, -0.25) is 20.1 Å². The molecule has 0 aliphatic carbocycles. The zero-order valence-corrected chi connectivity index (χ0v) is 17.1. The largest absolute Gasteiger partial charge is 0.290 e. The first-order valence-electron chi connectivity index (χ1n) is 9.56. The number of aliphatic imine (C=N–C) groups is 1. The third-order valence-electron chi connectivity index (χ3n) is 4.25. The highest BCUT2D eigenvalue weighted by atomic mass is 16.1. The van der Waals surface area contributed by atoms with Gasteiger partial charge in [-0.25, -0.2) is 4.98 Å². The molecule has 2 heterocycles. The fourth-order valence-corrected chi connectivity index (χ4v) is 2.93. The summed E-state index contributed by atoms with van der Waals surface area (Å²) in [4.78, 5) is 34.5. The van der Waals surface area contributed by atoms with Crippen LogP contribution in [0.15, 0.2) is 47.6 Å². The highest BCUT2D eigenvalue weighted by Gasteiger charge is 2.14. The first kappa shape index (κ1) is 20.3. The van der Waals surface area contributed by atoms with E-state index in [2.05, 4.69) is 37.2 Å². The number of nitrogens with zero attached hydrogens (tertiary/aromatic N) is 5. The lowest BCUT2D eigenvalue weighted by molar-refractivity contribution is 0.102. The molecule has 7 nitrogen and oxygen atoms in total. The quantitative estimate of drug-likeness (QED) is 0.618. The lowest BCUT2D eigenvalue weighted by Crippen LogP contribution is -2.16. The Labute approximate surface area is 170 Å². The van der Waals surface area contributed by atoms with Crippen LogP contribution in [-0.2, 0) is 0 Å². The highest BCUT2D eigenvalue weighted by Crippen LogP contribution is 2.20. The molecule has 1 aromatic carbocycles. The van der Waals surface area contributed by atoms with Crippen molar-refractivity contribution in [3.05, 3.63) is 59.5 Å². The van der Waals surface area contributed by atoms with Gasteiger partial charge >= 0.3 is 0 Å². The van der Waals surface area contributed by atoms with Gasteiger partial charge in [0.2, 0.25) is 5.95 Å². The molecule has 0 atom stereocenters. The second-order valence-electron chi connectivity index (χ2n) is 6.80. The van der Waals surface area contributed by atoms with Crippen LogP contribution in [0.5, 0.6) is 0 Å². The Morgan fingerprint density at radius 3 is 2.62 bits per heavy atom. The Balaban J connectivity index is 1.82. The first-order valence-corrected chi connectivity index (χ1v) is 9.56. The van der Waals surface area contributed by atoms with Gasteiger partial charge in [0.1, 0.15) is 11.5 Å². The summed E-state index contributed by atoms with van der Waals surface area (Å²) in [7, 11) is 0. The average Bonchev–Trinajstić information content (AvgIpc) is 2.68. The molecule has 0 fully saturated rings. The zero-order chi connectivity index (χ0) is 20.8. The second kappa shape index (κ2) is 9.14. The fraction of sp³-hybridized carbons (Fsp3) is 0.273. The molecule has 1 N–H and O–H groups in total. The summed E-state index contributed by atoms with van der Waals surface area (Å²) in [6.45, 7) is 7.78. The molecule has 0 aliphatic heterocycles. The number of amides is 1. The number of hydrogen-bond donors (Lipinski definition) is 1. The molecule has 0 saturated heterocycles. The standard InChI is InChI=1S/C22H24N6O/c1-5-8-15(3)24-17-10-11-18(14(2)13-17)21(29)28-22-26-16(4)25-20(27-22)19-9-6-7-12-23-19/h6-7,9-13H,5,8H2,1-4H3,(H,25,26,27,28,29). The summed E-state index contributed by atoms with van der Waals surface area (Å²) in [5, 5.41) is 2.77. The normalized spacial score (nSPS) is 11.4. The third-order valence-corrected chi connectivity index (χ3v) is 4.25. The van der Waals surface area contributed by atoms with Crippen molar-refractivity contribution >= 4 is 23.3 Å². The Morgan fingerprint density at radius 2 is 1.93 bits per heavy atom. The van der Waals surface area contributed by atoms with Crippen LogP contribution < -0.4 is 5.32 Å². The maximum atomic E-state index is 12.8. The molecular weight excluding hydrogens is 364 g/mol. The average molecular weight is 388 g/mol. The first-order chi connectivity index (χ1) is 14.0. The summed E-state index contributed by atoms with van der Waals surface area (Å²) in [6, 6.07) is 11.0. The van der Waals surface area contributed by atoms with Gasteiger partial charge in [-0.05, 0) is 63.1 Å². The lowest BCUT2D eigenvalue weighted by Gasteiger charge is -2.09. The monoisotopic (exact) mass is 388 g/mol. The van der Waals surface area contributed by atoms with Gasteiger partial charge in [0.15, 0.2) is 5.82 Å². The molecule has 2 aromatic heterocycles. The number of rotatable bonds is 6. The SMILES string of the molecule is CCCC(C)=Nc1ccc(C(=O)Nc2nc(C)nc(-c3ccccn3)n2)c(C)c1. The number of hydrogen-bond acceptors (Lipinski definition) is 6. The number of carbonyl (C=O) groups excluding carboxylic acids is 1. The molecule has 0 spiro atoms. The Morgan fingerprint density at radius 1 is 1.10 bits per heavy atom. The number of benzene rings is 1. The van der Waals surface area contributed by atoms with Gasteiger partial charge in [0.05, 0.1) is 5.69 Å². The van der Waals surface area contributed by atoms with Crippen LogP contribution in [0.1, 0.15) is 48.4 Å². The minimum Gasteiger partial charge on any atom is -0.290 e. The van der Waals surface area contributed by atoms with E-state index in [0.717, 1.165) is 29.8 Å². The van der Waals surface area contributed by atoms with Crippen molar-refractivity contribution in [2.75, 3.05) is 5.32 Å². The van der Waals surface area contributed by atoms with Gasteiger partial charge in [-0.1, -0.05) is 19.4 Å². The molecular formula is C22H24N6O. The van der Waals surface area contributed by atoms with Crippen LogP contribution in [0.25, 0.3) is 11.5 Å². The third kappa shape index (κ3) is 5.28. The Hall–Kier alpha value is -3.48. The van der Waals surface area contributed by atoms with Crippen molar-refractivity contribution in [1.29, 1.82) is 0 Å². The van der Waals surface area contributed by atoms with Crippen molar-refractivity contribution in [3.8, 4) is 11.5 Å². The van der Waals surface area contributed by atoms with E-state index in [4.69, 9.17) is 0 Å². The molecule has 0 unspecified atom stereocenters. The number of anilines is 1. The van der Waals surface area contributed by atoms with Crippen LogP contribution in [0.3, 0.4) is 0 Å². The van der Waals surface area contributed by atoms with E-state index >= 15 is 0 Å². The minimum atomic E-state index is -0.277. The number of aryl methyl sites for hydroxylation is 2. The molecule has 1 amide bonds. The predicted molar refractivity (Wildman–Crippen MR) is 115 cm³/mol. The second-order valence-corrected chi connectivity index (χ2v) is 6.80. The van der Waals surface area contributed by atoms with Crippen molar-refractivity contribution in [1.82, 2.24) is 19.9 Å². The number of nitrogens with one attached hydrogen (secondary N) is 1. The zero-order valence-electron chi connectivity index (χ0n) is 17.1.